The Morgan fingerprint density at radius 1 is 0.902 bits per heavy atom. The van der Waals surface area contributed by atoms with Gasteiger partial charge in [0.05, 0.1) is 0 Å². The third-order valence-electron chi connectivity index (χ3n) is 6.94. The molecule has 0 radical (unpaired) electrons. The highest BCUT2D eigenvalue weighted by molar-refractivity contribution is 5.95. The van der Waals surface area contributed by atoms with E-state index in [1.165, 1.54) is 6.08 Å². The molecule has 0 spiro atoms. The van der Waals surface area contributed by atoms with Crippen LogP contribution in [-0.4, -0.2) is 45.5 Å². The fourth-order valence-corrected chi connectivity index (χ4v) is 4.49. The molecule has 10 heteroatoms. The van der Waals surface area contributed by atoms with Crippen molar-refractivity contribution in [2.75, 3.05) is 6.54 Å². The first-order valence-electron chi connectivity index (χ1n) is 13.1. The maximum atomic E-state index is 11.8. The first kappa shape index (κ1) is 34.4. The van der Waals surface area contributed by atoms with Crippen molar-refractivity contribution in [3.05, 3.63) is 93.5 Å². The van der Waals surface area contributed by atoms with Crippen molar-refractivity contribution in [1.82, 2.24) is 10.3 Å². The zero-order chi connectivity index (χ0) is 31.4. The van der Waals surface area contributed by atoms with Crippen LogP contribution in [-0.2, 0) is 38.4 Å². The number of carbonyl (C=O) groups excluding carboxylic acids is 2. The predicted octanol–water partition coefficient (Wildman–Crippen LogP) is 3.69. The van der Waals surface area contributed by atoms with Crippen molar-refractivity contribution >= 4 is 23.8 Å². The lowest BCUT2D eigenvalue weighted by atomic mass is 9.95. The van der Waals surface area contributed by atoms with E-state index in [4.69, 9.17) is 11.5 Å². The zero-order valence-electron chi connectivity index (χ0n) is 24.4. The van der Waals surface area contributed by atoms with Gasteiger partial charge in [0.2, 0.25) is 11.8 Å². The van der Waals surface area contributed by atoms with E-state index in [1.807, 2.05) is 6.92 Å². The lowest BCUT2D eigenvalue weighted by Crippen LogP contribution is -2.23. The van der Waals surface area contributed by atoms with Crippen molar-refractivity contribution in [3.8, 4) is 0 Å². The quantitative estimate of drug-likeness (QED) is 0.115. The maximum absolute atomic E-state index is 11.8. The molecule has 1 heterocycles. The summed E-state index contributed by atoms with van der Waals surface area (Å²) in [6, 6.07) is 0. The number of carboxylic acids is 2. The minimum atomic E-state index is -0.962. The molecule has 1 aromatic heterocycles. The molecule has 0 aromatic carbocycles. The Balaban J connectivity index is 3.77. The van der Waals surface area contributed by atoms with Gasteiger partial charge in [0.25, 0.3) is 0 Å². The van der Waals surface area contributed by atoms with Crippen molar-refractivity contribution in [2.24, 2.45) is 11.5 Å². The lowest BCUT2D eigenvalue weighted by molar-refractivity contribution is -0.138. The molecule has 0 atom stereocenters. The van der Waals surface area contributed by atoms with Crippen molar-refractivity contribution in [3.63, 3.8) is 0 Å². The molecule has 0 bridgehead atoms. The SMILES string of the molecule is C=C/C(C(N)=O)=C(\C)CN/C(Cc1[nH]c(C/C(C=C)=C(/C)C(N)=O)c(C)c1CCC(=O)O)=C(/CCC(=O)O)C(=C)C. The Hall–Kier alpha value is -4.60. The number of carboxylic acid groups (broad SMARTS) is 2. The maximum Gasteiger partial charge on any atom is 0.303 e. The van der Waals surface area contributed by atoms with E-state index >= 15 is 0 Å². The molecule has 0 unspecified atom stereocenters. The highest BCUT2D eigenvalue weighted by atomic mass is 16.4. The van der Waals surface area contributed by atoms with E-state index in [9.17, 15) is 29.4 Å². The molecule has 10 nitrogen and oxygen atoms in total. The molecule has 0 aliphatic heterocycles. The monoisotopic (exact) mass is 566 g/mol. The van der Waals surface area contributed by atoms with Crippen LogP contribution in [0.4, 0.5) is 0 Å². The molecule has 1 aromatic rings. The number of hydrogen-bond donors (Lipinski definition) is 6. The van der Waals surface area contributed by atoms with E-state index in [2.05, 4.69) is 30.0 Å². The molecule has 0 fully saturated rings. The zero-order valence-corrected chi connectivity index (χ0v) is 24.4. The number of aliphatic carboxylic acids is 2. The number of H-pyrrole nitrogens is 1. The fraction of sp³-hybridized carbons (Fsp3) is 0.355. The third-order valence-corrected chi connectivity index (χ3v) is 6.94. The van der Waals surface area contributed by atoms with E-state index in [0.29, 0.717) is 40.0 Å². The molecule has 1 rings (SSSR count). The van der Waals surface area contributed by atoms with E-state index in [-0.39, 0.29) is 44.2 Å². The average Bonchev–Trinajstić information content (AvgIpc) is 3.16. The number of allylic oxidation sites excluding steroid dienone is 5. The van der Waals surface area contributed by atoms with Gasteiger partial charge in [0, 0.05) is 60.5 Å². The number of amides is 2. The van der Waals surface area contributed by atoms with Gasteiger partial charge in [-0.1, -0.05) is 37.5 Å². The number of aromatic nitrogens is 1. The van der Waals surface area contributed by atoms with E-state index in [0.717, 1.165) is 22.5 Å². The molecule has 8 N–H and O–H groups in total. The Bertz CT molecular complexity index is 1340. The second kappa shape index (κ2) is 15.9. The Labute approximate surface area is 241 Å². The van der Waals surface area contributed by atoms with Crippen LogP contribution >= 0.6 is 0 Å². The number of primary amides is 2. The van der Waals surface area contributed by atoms with Crippen molar-refractivity contribution in [2.45, 2.75) is 66.2 Å². The van der Waals surface area contributed by atoms with Crippen LogP contribution in [0.1, 0.15) is 62.5 Å². The fourth-order valence-electron chi connectivity index (χ4n) is 4.49. The summed E-state index contributed by atoms with van der Waals surface area (Å²) in [6.07, 6.45) is 3.79. The second-order valence-corrected chi connectivity index (χ2v) is 9.90. The van der Waals surface area contributed by atoms with Crippen LogP contribution in [0.5, 0.6) is 0 Å². The molecule has 222 valence electrons. The summed E-state index contributed by atoms with van der Waals surface area (Å²) in [6.45, 7) is 18.8. The molecule has 41 heavy (non-hydrogen) atoms. The smallest absolute Gasteiger partial charge is 0.303 e. The van der Waals surface area contributed by atoms with Crippen LogP contribution in [0.3, 0.4) is 0 Å². The van der Waals surface area contributed by atoms with Crippen LogP contribution < -0.4 is 16.8 Å². The van der Waals surface area contributed by atoms with Crippen LogP contribution in [0.2, 0.25) is 0 Å². The summed E-state index contributed by atoms with van der Waals surface area (Å²) in [5.74, 6) is -3.09. The van der Waals surface area contributed by atoms with Gasteiger partial charge in [-0.15, -0.1) is 0 Å². The van der Waals surface area contributed by atoms with Gasteiger partial charge in [-0.2, -0.15) is 0 Å². The topological polar surface area (TPSA) is 189 Å². The Kier molecular flexibility index (Phi) is 13.3. The summed E-state index contributed by atoms with van der Waals surface area (Å²) in [5.41, 5.74) is 18.1. The van der Waals surface area contributed by atoms with E-state index in [1.54, 1.807) is 26.8 Å². The van der Waals surface area contributed by atoms with Gasteiger partial charge in [-0.3, -0.25) is 19.2 Å². The van der Waals surface area contributed by atoms with Gasteiger partial charge in [0.1, 0.15) is 0 Å². The van der Waals surface area contributed by atoms with Crippen molar-refractivity contribution < 1.29 is 29.4 Å². The summed E-state index contributed by atoms with van der Waals surface area (Å²) in [7, 11) is 0. The average molecular weight is 567 g/mol. The summed E-state index contributed by atoms with van der Waals surface area (Å²) >= 11 is 0. The first-order chi connectivity index (χ1) is 19.1. The van der Waals surface area contributed by atoms with Gasteiger partial charge < -0.3 is 32.0 Å². The number of nitrogens with one attached hydrogen (secondary N) is 2. The molecule has 0 saturated heterocycles. The Morgan fingerprint density at radius 3 is 1.98 bits per heavy atom. The minimum Gasteiger partial charge on any atom is -0.481 e. The normalized spacial score (nSPS) is 12.9. The number of nitrogens with two attached hydrogens (primary N) is 2. The lowest BCUT2D eigenvalue weighted by Gasteiger charge is -2.19. The standard InChI is InChI=1S/C31H42N4O6/c1-8-21(19(6)30(32)40)14-25-20(7)24(11-13-29(38)39)27(35-25)15-26(23(17(3)4)10-12-28(36)37)34-16-18(5)22(9-2)31(33)41/h8-9,34-35H,1-3,10-16H2,4-7H3,(H2,32,40)(H2,33,41)(H,36,37)(H,38,39)/b21-19-,22-18-,26-23-. The van der Waals surface area contributed by atoms with Gasteiger partial charge in [-0.05, 0) is 68.4 Å². The molecule has 0 aliphatic carbocycles. The van der Waals surface area contributed by atoms with Crippen LogP contribution in [0, 0.1) is 6.92 Å². The van der Waals surface area contributed by atoms with Crippen LogP contribution in [0.15, 0.2) is 71.0 Å². The first-order valence-corrected chi connectivity index (χ1v) is 13.1. The van der Waals surface area contributed by atoms with Gasteiger partial charge in [0.15, 0.2) is 0 Å². The highest BCUT2D eigenvalue weighted by Gasteiger charge is 2.20. The molecular weight excluding hydrogens is 524 g/mol. The largest absolute Gasteiger partial charge is 0.481 e. The molecule has 0 saturated carbocycles. The highest BCUT2D eigenvalue weighted by Crippen LogP contribution is 2.28. The summed E-state index contributed by atoms with van der Waals surface area (Å²) < 4.78 is 0. The van der Waals surface area contributed by atoms with Crippen LogP contribution in [0.25, 0.3) is 0 Å². The number of aromatic amines is 1. The molecule has 2 amide bonds. The summed E-state index contributed by atoms with van der Waals surface area (Å²) in [5, 5.41) is 22.1. The number of rotatable bonds is 18. The predicted molar refractivity (Wildman–Crippen MR) is 160 cm³/mol. The Morgan fingerprint density at radius 2 is 1.51 bits per heavy atom. The molecular formula is C31H42N4O6. The van der Waals surface area contributed by atoms with Gasteiger partial charge in [-0.25, -0.2) is 0 Å². The second-order valence-electron chi connectivity index (χ2n) is 9.90. The third kappa shape index (κ3) is 10.1. The summed E-state index contributed by atoms with van der Waals surface area (Å²) in [4.78, 5) is 49.9. The van der Waals surface area contributed by atoms with Crippen molar-refractivity contribution in [1.29, 1.82) is 0 Å². The minimum absolute atomic E-state index is 0.0996. The number of hydrogen-bond acceptors (Lipinski definition) is 5. The number of carbonyl (C=O) groups is 4. The van der Waals surface area contributed by atoms with Gasteiger partial charge >= 0.3 is 11.9 Å². The van der Waals surface area contributed by atoms with E-state index < -0.39 is 23.8 Å². The molecule has 0 aliphatic rings.